The Morgan fingerprint density at radius 2 is 1.90 bits per heavy atom. The minimum absolute atomic E-state index is 0.0833. The van der Waals surface area contributed by atoms with Gasteiger partial charge in [0, 0.05) is 6.04 Å². The third-order valence-electron chi connectivity index (χ3n) is 1.85. The lowest BCUT2D eigenvalue weighted by Gasteiger charge is -2.11. The summed E-state index contributed by atoms with van der Waals surface area (Å²) in [6.07, 6.45) is 3.20. The van der Waals surface area contributed by atoms with Crippen molar-refractivity contribution < 1.29 is 5.11 Å². The monoisotopic (exact) mass is 145 g/mol. The summed E-state index contributed by atoms with van der Waals surface area (Å²) < 4.78 is 0. The number of aliphatic hydroxyl groups is 1. The zero-order valence-electron chi connectivity index (χ0n) is 7.22. The zero-order chi connectivity index (χ0) is 7.98. The van der Waals surface area contributed by atoms with Gasteiger partial charge in [0.1, 0.15) is 0 Å². The molecule has 1 saturated carbocycles. The Balaban J connectivity index is 0.000000371. The fourth-order valence-electron chi connectivity index (χ4n) is 1.28. The maximum absolute atomic E-state index is 9.13. The number of hydrogen-bond acceptors (Lipinski definition) is 2. The van der Waals surface area contributed by atoms with E-state index in [1.54, 1.807) is 0 Å². The lowest BCUT2D eigenvalue weighted by Crippen LogP contribution is -2.32. The molecule has 0 saturated heterocycles. The minimum atomic E-state index is -0.0833. The molecule has 0 radical (unpaired) electrons. The molecule has 1 aliphatic rings. The molecule has 1 aliphatic carbocycles. The summed E-state index contributed by atoms with van der Waals surface area (Å²) >= 11 is 0. The second-order valence-corrected chi connectivity index (χ2v) is 2.39. The molecule has 1 unspecified atom stereocenters. The first-order chi connectivity index (χ1) is 4.84. The molecule has 2 N–H and O–H groups in total. The van der Waals surface area contributed by atoms with Crippen LogP contribution >= 0.6 is 0 Å². The summed E-state index contributed by atoms with van der Waals surface area (Å²) in [4.78, 5) is 0. The topological polar surface area (TPSA) is 32.3 Å². The summed E-state index contributed by atoms with van der Waals surface area (Å²) in [5.74, 6) is 0. The van der Waals surface area contributed by atoms with Gasteiger partial charge in [0.2, 0.25) is 0 Å². The van der Waals surface area contributed by atoms with Gasteiger partial charge >= 0.3 is 0 Å². The van der Waals surface area contributed by atoms with Crippen LogP contribution in [0.3, 0.4) is 0 Å². The maximum atomic E-state index is 9.13. The van der Waals surface area contributed by atoms with Gasteiger partial charge in [-0.25, -0.2) is 0 Å². The summed E-state index contributed by atoms with van der Waals surface area (Å²) in [7, 11) is 1.90. The van der Waals surface area contributed by atoms with Gasteiger partial charge in [0.15, 0.2) is 0 Å². The molecule has 10 heavy (non-hydrogen) atoms. The lowest BCUT2D eigenvalue weighted by molar-refractivity contribution is 0.153. The van der Waals surface area contributed by atoms with Gasteiger partial charge in [0.05, 0.1) is 6.10 Å². The minimum Gasteiger partial charge on any atom is -0.392 e. The van der Waals surface area contributed by atoms with Gasteiger partial charge in [-0.1, -0.05) is 13.8 Å². The van der Waals surface area contributed by atoms with Crippen LogP contribution in [0.1, 0.15) is 33.1 Å². The third kappa shape index (κ3) is 2.67. The van der Waals surface area contributed by atoms with Gasteiger partial charge in [-0.3, -0.25) is 0 Å². The van der Waals surface area contributed by atoms with E-state index >= 15 is 0 Å². The highest BCUT2D eigenvalue weighted by molar-refractivity contribution is 4.80. The molecule has 2 nitrogen and oxygen atoms in total. The molecule has 0 amide bonds. The Hall–Kier alpha value is -0.0800. The molecule has 0 aromatic carbocycles. The average molecular weight is 145 g/mol. The molecule has 0 spiro atoms. The fraction of sp³-hybridized carbons (Fsp3) is 1.00. The molecule has 0 heterocycles. The van der Waals surface area contributed by atoms with Crippen LogP contribution in [-0.2, 0) is 0 Å². The SMILES string of the molecule is CC.CN[C@H]1CCCC1O. The molecule has 0 aromatic rings. The third-order valence-corrected chi connectivity index (χ3v) is 1.85. The normalized spacial score (nSPS) is 31.2. The van der Waals surface area contributed by atoms with Gasteiger partial charge in [-0.05, 0) is 26.3 Å². The predicted molar refractivity (Wildman–Crippen MR) is 44.1 cm³/mol. The van der Waals surface area contributed by atoms with Crippen LogP contribution in [0.5, 0.6) is 0 Å². The van der Waals surface area contributed by atoms with Crippen LogP contribution in [0.15, 0.2) is 0 Å². The van der Waals surface area contributed by atoms with E-state index in [1.807, 2.05) is 20.9 Å². The molecule has 0 aromatic heterocycles. The van der Waals surface area contributed by atoms with Crippen molar-refractivity contribution in [2.24, 2.45) is 0 Å². The van der Waals surface area contributed by atoms with E-state index in [-0.39, 0.29) is 6.10 Å². The molecular formula is C8H19NO. The smallest absolute Gasteiger partial charge is 0.0693 e. The summed E-state index contributed by atoms with van der Waals surface area (Å²) in [5.41, 5.74) is 0. The molecule has 1 rings (SSSR count). The molecule has 2 atom stereocenters. The van der Waals surface area contributed by atoms with E-state index in [0.29, 0.717) is 6.04 Å². The molecular weight excluding hydrogens is 126 g/mol. The van der Waals surface area contributed by atoms with Crippen molar-refractivity contribution in [1.29, 1.82) is 0 Å². The highest BCUT2D eigenvalue weighted by atomic mass is 16.3. The van der Waals surface area contributed by atoms with Gasteiger partial charge in [-0.15, -0.1) is 0 Å². The van der Waals surface area contributed by atoms with Crippen molar-refractivity contribution in [3.05, 3.63) is 0 Å². The molecule has 1 fully saturated rings. The summed E-state index contributed by atoms with van der Waals surface area (Å²) in [6, 6.07) is 0.370. The van der Waals surface area contributed by atoms with Crippen molar-refractivity contribution in [3.63, 3.8) is 0 Å². The van der Waals surface area contributed by atoms with Crippen molar-refractivity contribution in [2.45, 2.75) is 45.3 Å². The van der Waals surface area contributed by atoms with Crippen molar-refractivity contribution in [3.8, 4) is 0 Å². The van der Waals surface area contributed by atoms with E-state index in [1.165, 1.54) is 6.42 Å². The highest BCUT2D eigenvalue weighted by Crippen LogP contribution is 2.17. The van der Waals surface area contributed by atoms with Crippen molar-refractivity contribution >= 4 is 0 Å². The van der Waals surface area contributed by atoms with Crippen LogP contribution in [0.25, 0.3) is 0 Å². The number of hydrogen-bond donors (Lipinski definition) is 2. The second-order valence-electron chi connectivity index (χ2n) is 2.39. The van der Waals surface area contributed by atoms with Crippen LogP contribution in [0.4, 0.5) is 0 Å². The summed E-state index contributed by atoms with van der Waals surface area (Å²) in [5, 5.41) is 12.2. The van der Waals surface area contributed by atoms with Gasteiger partial charge in [0.25, 0.3) is 0 Å². The van der Waals surface area contributed by atoms with E-state index in [0.717, 1.165) is 12.8 Å². The number of likely N-dealkylation sites (N-methyl/N-ethyl adjacent to an activating group) is 1. The maximum Gasteiger partial charge on any atom is 0.0693 e. The molecule has 0 bridgehead atoms. The predicted octanol–water partition coefficient (Wildman–Crippen LogP) is 1.15. The Labute approximate surface area is 63.6 Å². The average Bonchev–Trinajstić information content (AvgIpc) is 2.39. The van der Waals surface area contributed by atoms with Crippen LogP contribution in [0, 0.1) is 0 Å². The Morgan fingerprint density at radius 3 is 2.10 bits per heavy atom. The number of rotatable bonds is 1. The fourth-order valence-corrected chi connectivity index (χ4v) is 1.28. The largest absolute Gasteiger partial charge is 0.392 e. The number of aliphatic hydroxyl groups excluding tert-OH is 1. The molecule has 0 aliphatic heterocycles. The van der Waals surface area contributed by atoms with Gasteiger partial charge < -0.3 is 10.4 Å². The molecule has 2 heteroatoms. The first-order valence-electron chi connectivity index (χ1n) is 4.20. The van der Waals surface area contributed by atoms with E-state index in [4.69, 9.17) is 5.11 Å². The first kappa shape index (κ1) is 9.92. The van der Waals surface area contributed by atoms with E-state index in [9.17, 15) is 0 Å². The van der Waals surface area contributed by atoms with Crippen LogP contribution in [0.2, 0.25) is 0 Å². The Morgan fingerprint density at radius 1 is 1.30 bits per heavy atom. The van der Waals surface area contributed by atoms with Crippen molar-refractivity contribution in [1.82, 2.24) is 5.32 Å². The van der Waals surface area contributed by atoms with Crippen molar-refractivity contribution in [2.75, 3.05) is 7.05 Å². The standard InChI is InChI=1S/C6H13NO.C2H6/c1-7-5-3-2-4-6(5)8;1-2/h5-8H,2-4H2,1H3;1-2H3/t5-,6?;/m0./s1. The Kier molecular flexibility index (Phi) is 5.64. The lowest BCUT2D eigenvalue weighted by atomic mass is 10.2. The van der Waals surface area contributed by atoms with Gasteiger partial charge in [-0.2, -0.15) is 0 Å². The van der Waals surface area contributed by atoms with E-state index < -0.39 is 0 Å². The van der Waals surface area contributed by atoms with Crippen LogP contribution < -0.4 is 5.32 Å². The quantitative estimate of drug-likeness (QED) is 0.580. The zero-order valence-corrected chi connectivity index (χ0v) is 7.22. The molecule has 62 valence electrons. The first-order valence-corrected chi connectivity index (χ1v) is 4.20. The number of nitrogens with one attached hydrogen (secondary N) is 1. The Bertz CT molecular complexity index is 75.7. The summed E-state index contributed by atoms with van der Waals surface area (Å²) in [6.45, 7) is 4.00. The van der Waals surface area contributed by atoms with E-state index in [2.05, 4.69) is 5.32 Å². The second kappa shape index (κ2) is 5.69. The highest BCUT2D eigenvalue weighted by Gasteiger charge is 2.22. The van der Waals surface area contributed by atoms with Crippen LogP contribution in [-0.4, -0.2) is 24.3 Å².